The van der Waals surface area contributed by atoms with Crippen molar-refractivity contribution in [3.63, 3.8) is 0 Å². The van der Waals surface area contributed by atoms with Gasteiger partial charge in [-0.3, -0.25) is 9.78 Å². The topological polar surface area (TPSA) is 127 Å². The van der Waals surface area contributed by atoms with Crippen molar-refractivity contribution in [2.75, 3.05) is 42.5 Å². The van der Waals surface area contributed by atoms with E-state index in [1.807, 2.05) is 44.3 Å². The maximum atomic E-state index is 14.5. The van der Waals surface area contributed by atoms with Crippen molar-refractivity contribution in [3.8, 4) is 17.1 Å². The van der Waals surface area contributed by atoms with Gasteiger partial charge in [0.25, 0.3) is 15.9 Å². The Bertz CT molecular complexity index is 2010. The van der Waals surface area contributed by atoms with Gasteiger partial charge in [-0.25, -0.2) is 18.1 Å². The Morgan fingerprint density at radius 1 is 0.961 bits per heavy atom. The molecular formula is C39H46N6O5S. The molecule has 3 aliphatic rings. The third-order valence-corrected chi connectivity index (χ3v) is 11.5. The zero-order valence-corrected chi connectivity index (χ0v) is 30.8. The van der Waals surface area contributed by atoms with Crippen LogP contribution >= 0.6 is 0 Å². The van der Waals surface area contributed by atoms with Gasteiger partial charge in [0.15, 0.2) is 0 Å². The van der Waals surface area contributed by atoms with Gasteiger partial charge >= 0.3 is 0 Å². The summed E-state index contributed by atoms with van der Waals surface area (Å²) in [7, 11) is -4.17. The number of rotatable bonds is 5. The summed E-state index contributed by atoms with van der Waals surface area (Å²) in [5.41, 5.74) is 5.57. The van der Waals surface area contributed by atoms with E-state index in [2.05, 4.69) is 46.4 Å². The van der Waals surface area contributed by atoms with Gasteiger partial charge in [0.05, 0.1) is 40.8 Å². The molecule has 1 amide bonds. The SMILES string of the molecule is Cc1cccc(C)c1-c1cc2nc(n1)NS(=O)(=O)c1cccc(c1)C(=O)N(Cc1ccc(N3CC4(CCOCC4)C3)cn1)[C@H](CC(C)(C)C)CO2. The Kier molecular flexibility index (Phi) is 9.26. The zero-order valence-electron chi connectivity index (χ0n) is 30.0. The molecule has 3 aliphatic heterocycles. The van der Waals surface area contributed by atoms with Gasteiger partial charge in [-0.1, -0.05) is 45.0 Å². The Hall–Kier alpha value is -4.55. The number of nitrogens with zero attached hydrogens (tertiary/aromatic N) is 5. The predicted octanol–water partition coefficient (Wildman–Crippen LogP) is 6.41. The fourth-order valence-corrected chi connectivity index (χ4v) is 8.47. The average Bonchev–Trinajstić information content (AvgIpc) is 3.07. The lowest BCUT2D eigenvalue weighted by Crippen LogP contribution is -2.58. The van der Waals surface area contributed by atoms with E-state index in [0.717, 1.165) is 67.2 Å². The van der Waals surface area contributed by atoms with Crippen molar-refractivity contribution in [1.29, 1.82) is 0 Å². The summed E-state index contributed by atoms with van der Waals surface area (Å²) >= 11 is 0. The number of ether oxygens (including phenoxy) is 2. The molecule has 12 heteroatoms. The van der Waals surface area contributed by atoms with Gasteiger partial charge in [0.2, 0.25) is 11.8 Å². The van der Waals surface area contributed by atoms with Crippen LogP contribution in [0.3, 0.4) is 0 Å². The van der Waals surface area contributed by atoms with E-state index in [-0.39, 0.29) is 46.8 Å². The molecule has 5 heterocycles. The van der Waals surface area contributed by atoms with Crippen LogP contribution < -0.4 is 14.4 Å². The molecule has 7 rings (SSSR count). The second-order valence-corrected chi connectivity index (χ2v) is 17.1. The highest BCUT2D eigenvalue weighted by molar-refractivity contribution is 7.92. The number of fused-ring (bicyclic) bond motifs is 4. The number of aromatic nitrogens is 3. The number of sulfonamides is 1. The fraction of sp³-hybridized carbons (Fsp3) is 0.436. The Morgan fingerprint density at radius 2 is 1.69 bits per heavy atom. The molecular weight excluding hydrogens is 665 g/mol. The summed E-state index contributed by atoms with van der Waals surface area (Å²) < 4.78 is 42.0. The maximum Gasteiger partial charge on any atom is 0.264 e. The molecule has 2 fully saturated rings. The van der Waals surface area contributed by atoms with Crippen LogP contribution in [-0.2, 0) is 21.3 Å². The number of amides is 1. The van der Waals surface area contributed by atoms with Crippen LogP contribution in [0.25, 0.3) is 11.3 Å². The lowest BCUT2D eigenvalue weighted by molar-refractivity contribution is -0.000219. The van der Waals surface area contributed by atoms with E-state index in [1.54, 1.807) is 23.1 Å². The normalized spacial score (nSPS) is 19.9. The standard InChI is InChI=1S/C39H46N6O5S/c1-26-8-6-9-27(2)35(26)33-19-34-42-37(41-33)43-51(47,48)32-11-7-10-28(18-32)36(46)45(31(23-50-34)20-38(3,4)5)22-29-12-13-30(21-40-29)44-24-39(25-44)14-16-49-17-15-39/h6-13,18-19,21,31H,14-17,20,22-25H2,1-5H3,(H,41,42,43)/t31-/m1/s1. The average molecular weight is 711 g/mol. The highest BCUT2D eigenvalue weighted by atomic mass is 32.2. The van der Waals surface area contributed by atoms with Gasteiger partial charge in [-0.2, -0.15) is 4.98 Å². The molecule has 268 valence electrons. The molecule has 1 spiro atoms. The molecule has 11 nitrogen and oxygen atoms in total. The van der Waals surface area contributed by atoms with Crippen molar-refractivity contribution >= 4 is 27.6 Å². The third-order valence-electron chi connectivity index (χ3n) is 10.1. The number of aryl methyl sites for hydroxylation is 2. The highest BCUT2D eigenvalue weighted by Crippen LogP contribution is 2.42. The van der Waals surface area contributed by atoms with Crippen LogP contribution in [0.4, 0.5) is 11.6 Å². The lowest BCUT2D eigenvalue weighted by atomic mass is 9.73. The van der Waals surface area contributed by atoms with Crippen LogP contribution in [0, 0.1) is 24.7 Å². The first kappa shape index (κ1) is 34.9. The van der Waals surface area contributed by atoms with Gasteiger partial charge in [0, 0.05) is 48.9 Å². The van der Waals surface area contributed by atoms with E-state index in [4.69, 9.17) is 14.5 Å². The van der Waals surface area contributed by atoms with Gasteiger partial charge in [-0.05, 0) is 80.0 Å². The number of carbonyl (C=O) groups is 1. The second-order valence-electron chi connectivity index (χ2n) is 15.5. The summed E-state index contributed by atoms with van der Waals surface area (Å²) in [6, 6.07) is 17.4. The van der Waals surface area contributed by atoms with Crippen molar-refractivity contribution in [3.05, 3.63) is 89.2 Å². The zero-order chi connectivity index (χ0) is 36.0. The first-order valence-corrected chi connectivity index (χ1v) is 19.1. The number of benzene rings is 2. The second kappa shape index (κ2) is 13.5. The number of nitrogens with one attached hydrogen (secondary N) is 1. The quantitative estimate of drug-likeness (QED) is 0.250. The van der Waals surface area contributed by atoms with E-state index in [9.17, 15) is 13.2 Å². The van der Waals surface area contributed by atoms with Crippen LogP contribution in [0.1, 0.15) is 67.2 Å². The van der Waals surface area contributed by atoms with E-state index in [1.165, 1.54) is 12.1 Å². The molecule has 1 atom stereocenters. The maximum absolute atomic E-state index is 14.5. The van der Waals surface area contributed by atoms with Gasteiger partial charge in [0.1, 0.15) is 6.61 Å². The fourth-order valence-electron chi connectivity index (χ4n) is 7.49. The van der Waals surface area contributed by atoms with Gasteiger partial charge in [-0.15, -0.1) is 0 Å². The van der Waals surface area contributed by atoms with Crippen molar-refractivity contribution < 1.29 is 22.7 Å². The predicted molar refractivity (Wildman–Crippen MR) is 196 cm³/mol. The minimum atomic E-state index is -4.17. The molecule has 4 bridgehead atoms. The lowest BCUT2D eigenvalue weighted by Gasteiger charge is -2.53. The van der Waals surface area contributed by atoms with Crippen LogP contribution in [-0.4, -0.2) is 73.1 Å². The molecule has 0 aliphatic carbocycles. The van der Waals surface area contributed by atoms with E-state index < -0.39 is 16.1 Å². The molecule has 0 unspecified atom stereocenters. The molecule has 4 aromatic rings. The summed E-state index contributed by atoms with van der Waals surface area (Å²) in [4.78, 5) is 32.5. The molecule has 51 heavy (non-hydrogen) atoms. The third kappa shape index (κ3) is 7.57. The van der Waals surface area contributed by atoms with Crippen molar-refractivity contribution in [2.45, 2.75) is 71.4 Å². The Morgan fingerprint density at radius 3 is 2.37 bits per heavy atom. The summed E-state index contributed by atoms with van der Waals surface area (Å²) in [6.45, 7) is 14.3. The summed E-state index contributed by atoms with van der Waals surface area (Å²) in [5, 5.41) is 0. The minimum absolute atomic E-state index is 0.0669. The number of anilines is 2. The van der Waals surface area contributed by atoms with Crippen LogP contribution in [0.15, 0.2) is 71.8 Å². The largest absolute Gasteiger partial charge is 0.475 e. The minimum Gasteiger partial charge on any atom is -0.475 e. The number of hydrogen-bond acceptors (Lipinski definition) is 9. The van der Waals surface area contributed by atoms with Crippen molar-refractivity contribution in [2.24, 2.45) is 10.8 Å². The number of carbonyl (C=O) groups excluding carboxylic acids is 1. The molecule has 1 N–H and O–H groups in total. The smallest absolute Gasteiger partial charge is 0.264 e. The van der Waals surface area contributed by atoms with Crippen LogP contribution in [0.2, 0.25) is 0 Å². The molecule has 0 saturated carbocycles. The highest BCUT2D eigenvalue weighted by Gasteiger charge is 2.44. The first-order valence-electron chi connectivity index (χ1n) is 17.6. The Balaban J connectivity index is 1.25. The van der Waals surface area contributed by atoms with E-state index >= 15 is 0 Å². The Labute approximate surface area is 300 Å². The summed E-state index contributed by atoms with van der Waals surface area (Å²) in [6.07, 6.45) is 4.67. The van der Waals surface area contributed by atoms with E-state index in [0.29, 0.717) is 17.5 Å². The molecule has 2 aromatic carbocycles. The summed E-state index contributed by atoms with van der Waals surface area (Å²) in [5.74, 6) is -0.218. The number of hydrogen-bond donors (Lipinski definition) is 1. The molecule has 2 saturated heterocycles. The monoisotopic (exact) mass is 710 g/mol. The van der Waals surface area contributed by atoms with Gasteiger partial charge < -0.3 is 19.3 Å². The molecule has 2 aromatic heterocycles. The van der Waals surface area contributed by atoms with Crippen LogP contribution in [0.5, 0.6) is 5.88 Å². The first-order chi connectivity index (χ1) is 24.3. The van der Waals surface area contributed by atoms with Crippen molar-refractivity contribution in [1.82, 2.24) is 19.9 Å². The molecule has 0 radical (unpaired) electrons. The number of pyridine rings is 1.